The minimum absolute atomic E-state index is 0. The van der Waals surface area contributed by atoms with Gasteiger partial charge in [0.15, 0.2) is 0 Å². The molecule has 1 aliphatic heterocycles. The standard InChI is InChI=1S/C16H23N3O2.ClH/c1-17-9-10-18-16(21)14-8-5-11-19(14)15(20)12-13-6-3-2-4-7-13;/h2-4,6-7,14,17H,5,8-12H2,1H3,(H,18,21);1H. The molecule has 0 radical (unpaired) electrons. The van der Waals surface area contributed by atoms with E-state index in [1.54, 1.807) is 4.90 Å². The highest BCUT2D eigenvalue weighted by molar-refractivity contribution is 5.89. The van der Waals surface area contributed by atoms with Crippen LogP contribution in [0.1, 0.15) is 18.4 Å². The first-order valence-corrected chi connectivity index (χ1v) is 7.48. The molecule has 2 rings (SSSR count). The predicted octanol–water partition coefficient (Wildman–Crippen LogP) is 0.978. The third kappa shape index (κ3) is 5.00. The molecular weight excluding hydrogens is 302 g/mol. The first-order chi connectivity index (χ1) is 10.2. The van der Waals surface area contributed by atoms with Gasteiger partial charge in [-0.3, -0.25) is 9.59 Å². The predicted molar refractivity (Wildman–Crippen MR) is 89.1 cm³/mol. The van der Waals surface area contributed by atoms with Crippen LogP contribution >= 0.6 is 12.4 Å². The van der Waals surface area contributed by atoms with Crippen LogP contribution in [0.25, 0.3) is 0 Å². The third-order valence-electron chi connectivity index (χ3n) is 3.75. The molecule has 122 valence electrons. The Kier molecular flexibility index (Phi) is 7.91. The van der Waals surface area contributed by atoms with Crippen LogP contribution in [0.2, 0.25) is 0 Å². The van der Waals surface area contributed by atoms with Crippen molar-refractivity contribution < 1.29 is 9.59 Å². The average Bonchev–Trinajstić information content (AvgIpc) is 2.98. The minimum Gasteiger partial charge on any atom is -0.353 e. The van der Waals surface area contributed by atoms with Crippen molar-refractivity contribution in [1.82, 2.24) is 15.5 Å². The van der Waals surface area contributed by atoms with Gasteiger partial charge in [-0.2, -0.15) is 0 Å². The lowest BCUT2D eigenvalue weighted by Gasteiger charge is -2.24. The summed E-state index contributed by atoms with van der Waals surface area (Å²) in [5, 5.41) is 5.86. The number of likely N-dealkylation sites (tertiary alicyclic amines) is 1. The Morgan fingerprint density at radius 2 is 1.95 bits per heavy atom. The second kappa shape index (κ2) is 9.43. The molecule has 1 aromatic carbocycles. The van der Waals surface area contributed by atoms with Crippen LogP contribution in [0.5, 0.6) is 0 Å². The molecule has 0 aliphatic carbocycles. The zero-order valence-electron chi connectivity index (χ0n) is 12.9. The van der Waals surface area contributed by atoms with E-state index in [9.17, 15) is 9.59 Å². The number of benzene rings is 1. The van der Waals surface area contributed by atoms with E-state index in [-0.39, 0.29) is 30.3 Å². The van der Waals surface area contributed by atoms with Crippen LogP contribution in [0.4, 0.5) is 0 Å². The van der Waals surface area contributed by atoms with Crippen LogP contribution in [0.3, 0.4) is 0 Å². The highest BCUT2D eigenvalue weighted by Crippen LogP contribution is 2.18. The Bertz CT molecular complexity index is 482. The number of hydrogen-bond donors (Lipinski definition) is 2. The van der Waals surface area contributed by atoms with Crippen molar-refractivity contribution in [3.63, 3.8) is 0 Å². The van der Waals surface area contributed by atoms with Crippen molar-refractivity contribution in [2.24, 2.45) is 0 Å². The number of carbonyl (C=O) groups is 2. The molecule has 22 heavy (non-hydrogen) atoms. The van der Waals surface area contributed by atoms with Crippen molar-refractivity contribution in [1.29, 1.82) is 0 Å². The van der Waals surface area contributed by atoms with Gasteiger partial charge in [-0.25, -0.2) is 0 Å². The number of amides is 2. The van der Waals surface area contributed by atoms with Gasteiger partial charge in [-0.05, 0) is 25.5 Å². The molecule has 1 fully saturated rings. The maximum atomic E-state index is 12.4. The maximum absolute atomic E-state index is 12.4. The number of carbonyl (C=O) groups excluding carboxylic acids is 2. The normalized spacial score (nSPS) is 17.0. The molecule has 0 aromatic heterocycles. The fourth-order valence-corrected chi connectivity index (χ4v) is 2.64. The fraction of sp³-hybridized carbons (Fsp3) is 0.500. The van der Waals surface area contributed by atoms with E-state index in [1.807, 2.05) is 37.4 Å². The molecule has 1 unspecified atom stereocenters. The zero-order valence-corrected chi connectivity index (χ0v) is 13.7. The van der Waals surface area contributed by atoms with Crippen LogP contribution in [0.15, 0.2) is 30.3 Å². The molecule has 1 saturated heterocycles. The zero-order chi connectivity index (χ0) is 15.1. The third-order valence-corrected chi connectivity index (χ3v) is 3.75. The average molecular weight is 326 g/mol. The Morgan fingerprint density at radius 3 is 2.64 bits per heavy atom. The van der Waals surface area contributed by atoms with Crippen LogP contribution in [-0.4, -0.2) is 49.4 Å². The first-order valence-electron chi connectivity index (χ1n) is 7.48. The molecule has 1 aromatic rings. The summed E-state index contributed by atoms with van der Waals surface area (Å²) in [4.78, 5) is 26.3. The Hall–Kier alpha value is -1.59. The fourth-order valence-electron chi connectivity index (χ4n) is 2.64. The van der Waals surface area contributed by atoms with Gasteiger partial charge < -0.3 is 15.5 Å². The molecule has 2 N–H and O–H groups in total. The van der Waals surface area contributed by atoms with Crippen molar-refractivity contribution in [2.45, 2.75) is 25.3 Å². The molecule has 1 heterocycles. The van der Waals surface area contributed by atoms with Gasteiger partial charge in [0, 0.05) is 19.6 Å². The molecule has 1 aliphatic rings. The SMILES string of the molecule is CNCCNC(=O)C1CCCN1C(=O)Cc1ccccc1.Cl. The topological polar surface area (TPSA) is 61.4 Å². The summed E-state index contributed by atoms with van der Waals surface area (Å²) in [6, 6.07) is 9.36. The van der Waals surface area contributed by atoms with Crippen LogP contribution in [0, 0.1) is 0 Å². The lowest BCUT2D eigenvalue weighted by Crippen LogP contribution is -2.47. The van der Waals surface area contributed by atoms with Crippen LogP contribution < -0.4 is 10.6 Å². The summed E-state index contributed by atoms with van der Waals surface area (Å²) in [6.45, 7) is 2.00. The minimum atomic E-state index is -0.307. The first kappa shape index (κ1) is 18.5. The Labute approximate surface area is 137 Å². The van der Waals surface area contributed by atoms with Gasteiger partial charge in [0.05, 0.1) is 6.42 Å². The number of nitrogens with one attached hydrogen (secondary N) is 2. The quantitative estimate of drug-likeness (QED) is 0.766. The van der Waals surface area contributed by atoms with Gasteiger partial charge in [-0.1, -0.05) is 30.3 Å². The van der Waals surface area contributed by atoms with Gasteiger partial charge in [-0.15, -0.1) is 12.4 Å². The number of rotatable bonds is 6. The summed E-state index contributed by atoms with van der Waals surface area (Å²) >= 11 is 0. The number of hydrogen-bond acceptors (Lipinski definition) is 3. The lowest BCUT2D eigenvalue weighted by molar-refractivity contribution is -0.137. The highest BCUT2D eigenvalue weighted by atomic mass is 35.5. The van der Waals surface area contributed by atoms with E-state index in [4.69, 9.17) is 0 Å². The molecule has 0 bridgehead atoms. The summed E-state index contributed by atoms with van der Waals surface area (Å²) in [6.07, 6.45) is 2.01. The molecule has 5 nitrogen and oxygen atoms in total. The second-order valence-electron chi connectivity index (χ2n) is 5.30. The second-order valence-corrected chi connectivity index (χ2v) is 5.30. The Balaban J connectivity index is 0.00000242. The molecule has 1 atom stereocenters. The Morgan fingerprint density at radius 1 is 1.23 bits per heavy atom. The number of nitrogens with zero attached hydrogens (tertiary/aromatic N) is 1. The monoisotopic (exact) mass is 325 g/mol. The number of likely N-dealkylation sites (N-methyl/N-ethyl adjacent to an activating group) is 1. The molecule has 0 spiro atoms. The van der Waals surface area contributed by atoms with E-state index in [2.05, 4.69) is 10.6 Å². The largest absolute Gasteiger partial charge is 0.353 e. The molecule has 0 saturated carbocycles. The smallest absolute Gasteiger partial charge is 0.242 e. The summed E-state index contributed by atoms with van der Waals surface area (Å²) in [7, 11) is 1.84. The van der Waals surface area contributed by atoms with Gasteiger partial charge >= 0.3 is 0 Å². The summed E-state index contributed by atoms with van der Waals surface area (Å²) in [5.74, 6) is -0.00312. The van der Waals surface area contributed by atoms with Crippen molar-refractivity contribution in [3.8, 4) is 0 Å². The van der Waals surface area contributed by atoms with Crippen molar-refractivity contribution in [3.05, 3.63) is 35.9 Å². The van der Waals surface area contributed by atoms with Gasteiger partial charge in [0.2, 0.25) is 11.8 Å². The highest BCUT2D eigenvalue weighted by Gasteiger charge is 2.33. The van der Waals surface area contributed by atoms with Gasteiger partial charge in [0.25, 0.3) is 0 Å². The lowest BCUT2D eigenvalue weighted by atomic mass is 10.1. The van der Waals surface area contributed by atoms with Gasteiger partial charge in [0.1, 0.15) is 6.04 Å². The van der Waals surface area contributed by atoms with E-state index >= 15 is 0 Å². The van der Waals surface area contributed by atoms with Crippen molar-refractivity contribution in [2.75, 3.05) is 26.7 Å². The van der Waals surface area contributed by atoms with E-state index in [1.165, 1.54) is 0 Å². The van der Waals surface area contributed by atoms with Crippen molar-refractivity contribution >= 4 is 24.2 Å². The number of halogens is 1. The molecular formula is C16H24ClN3O2. The molecule has 6 heteroatoms. The molecule has 2 amide bonds. The maximum Gasteiger partial charge on any atom is 0.242 e. The van der Waals surface area contributed by atoms with E-state index in [0.29, 0.717) is 19.5 Å². The summed E-state index contributed by atoms with van der Waals surface area (Å²) in [5.41, 5.74) is 0.990. The summed E-state index contributed by atoms with van der Waals surface area (Å²) < 4.78 is 0. The van der Waals surface area contributed by atoms with E-state index in [0.717, 1.165) is 24.9 Å². The van der Waals surface area contributed by atoms with Crippen LogP contribution in [-0.2, 0) is 16.0 Å². The van der Waals surface area contributed by atoms with E-state index < -0.39 is 0 Å².